The number of sulfonamides is 1. The Morgan fingerprint density at radius 2 is 2.11 bits per heavy atom. The zero-order chi connectivity index (χ0) is 14.8. The van der Waals surface area contributed by atoms with Crippen molar-refractivity contribution >= 4 is 27.2 Å². The summed E-state index contributed by atoms with van der Waals surface area (Å²) in [7, 11) is -2.18. The van der Waals surface area contributed by atoms with E-state index < -0.39 is 15.8 Å². The van der Waals surface area contributed by atoms with E-state index in [0.29, 0.717) is 6.42 Å². The van der Waals surface area contributed by atoms with Gasteiger partial charge in [0.15, 0.2) is 0 Å². The summed E-state index contributed by atoms with van der Waals surface area (Å²) < 4.78 is 39.4. The Labute approximate surface area is 118 Å². The Hall–Kier alpha value is -1.05. The van der Waals surface area contributed by atoms with Crippen LogP contribution in [0.5, 0.6) is 0 Å². The van der Waals surface area contributed by atoms with Crippen molar-refractivity contribution in [2.75, 3.05) is 7.05 Å². The minimum Gasteiger partial charge on any atom is -0.389 e. The average Bonchev–Trinajstić information content (AvgIpc) is 2.36. The van der Waals surface area contributed by atoms with Crippen LogP contribution in [0, 0.1) is 5.82 Å². The molecule has 0 saturated carbocycles. The third kappa shape index (κ3) is 3.29. The van der Waals surface area contributed by atoms with E-state index >= 15 is 0 Å². The molecule has 0 bridgehead atoms. The van der Waals surface area contributed by atoms with E-state index in [0.717, 1.165) is 6.07 Å². The van der Waals surface area contributed by atoms with E-state index in [4.69, 9.17) is 18.0 Å². The second kappa shape index (κ2) is 5.94. The standard InChI is InChI=1S/C12H17FN2O2S2/c1-4-8(2)15(3)19(16,17)9-5-6-11(13)10(7-9)12(14)18/h5-8H,4H2,1-3H3,(H2,14,18). The van der Waals surface area contributed by atoms with Crippen molar-refractivity contribution in [3.63, 3.8) is 0 Å². The number of hydrogen-bond acceptors (Lipinski definition) is 3. The lowest BCUT2D eigenvalue weighted by Gasteiger charge is -2.23. The molecule has 4 nitrogen and oxygen atoms in total. The number of nitrogens with two attached hydrogens (primary N) is 1. The normalized spacial score (nSPS) is 13.5. The van der Waals surface area contributed by atoms with Crippen molar-refractivity contribution in [3.8, 4) is 0 Å². The maximum absolute atomic E-state index is 13.5. The van der Waals surface area contributed by atoms with Crippen molar-refractivity contribution in [3.05, 3.63) is 29.6 Å². The molecular weight excluding hydrogens is 287 g/mol. The van der Waals surface area contributed by atoms with Crippen LogP contribution in [0.4, 0.5) is 4.39 Å². The van der Waals surface area contributed by atoms with Gasteiger partial charge in [0.05, 0.1) is 4.90 Å². The second-order valence-corrected chi connectivity index (χ2v) is 6.72. The first kappa shape index (κ1) is 16.0. The topological polar surface area (TPSA) is 63.4 Å². The van der Waals surface area contributed by atoms with Crippen LogP contribution in [0.25, 0.3) is 0 Å². The Balaban J connectivity index is 3.30. The molecule has 0 spiro atoms. The average molecular weight is 304 g/mol. The second-order valence-electron chi connectivity index (χ2n) is 4.28. The molecule has 0 heterocycles. The van der Waals surface area contributed by atoms with Gasteiger partial charge in [0.1, 0.15) is 10.8 Å². The summed E-state index contributed by atoms with van der Waals surface area (Å²) in [6.45, 7) is 3.69. The first-order valence-corrected chi connectivity index (χ1v) is 7.64. The summed E-state index contributed by atoms with van der Waals surface area (Å²) in [5.74, 6) is -0.627. The van der Waals surface area contributed by atoms with Gasteiger partial charge >= 0.3 is 0 Å². The summed E-state index contributed by atoms with van der Waals surface area (Å²) >= 11 is 4.70. The van der Waals surface area contributed by atoms with E-state index in [1.54, 1.807) is 6.92 Å². The molecule has 0 amide bonds. The van der Waals surface area contributed by atoms with E-state index in [1.165, 1.54) is 23.5 Å². The first-order valence-electron chi connectivity index (χ1n) is 5.79. The van der Waals surface area contributed by atoms with Crippen LogP contribution in [0.1, 0.15) is 25.8 Å². The molecule has 0 aliphatic rings. The molecular formula is C12H17FN2O2S2. The SMILES string of the molecule is CCC(C)N(C)S(=O)(=O)c1ccc(F)c(C(N)=S)c1. The molecule has 1 rings (SSSR count). The summed E-state index contributed by atoms with van der Waals surface area (Å²) in [6, 6.07) is 3.30. The largest absolute Gasteiger partial charge is 0.389 e. The lowest BCUT2D eigenvalue weighted by atomic mass is 10.2. The molecule has 1 aromatic carbocycles. The summed E-state index contributed by atoms with van der Waals surface area (Å²) in [5, 5.41) is 0. The lowest BCUT2D eigenvalue weighted by Crippen LogP contribution is -2.34. The van der Waals surface area contributed by atoms with Crippen LogP contribution in [0.2, 0.25) is 0 Å². The maximum Gasteiger partial charge on any atom is 0.243 e. The van der Waals surface area contributed by atoms with Crippen LogP contribution in [0.15, 0.2) is 23.1 Å². The Morgan fingerprint density at radius 3 is 2.58 bits per heavy atom. The molecule has 0 aliphatic carbocycles. The number of rotatable bonds is 5. The van der Waals surface area contributed by atoms with Gasteiger partial charge in [0.2, 0.25) is 10.0 Å². The van der Waals surface area contributed by atoms with Gasteiger partial charge in [0.25, 0.3) is 0 Å². The quantitative estimate of drug-likeness (QED) is 0.844. The fraction of sp³-hybridized carbons (Fsp3) is 0.417. The van der Waals surface area contributed by atoms with E-state index in [-0.39, 0.29) is 21.5 Å². The van der Waals surface area contributed by atoms with Gasteiger partial charge in [-0.2, -0.15) is 4.31 Å². The van der Waals surface area contributed by atoms with E-state index in [1.807, 2.05) is 6.92 Å². The van der Waals surface area contributed by atoms with Crippen LogP contribution in [0.3, 0.4) is 0 Å². The van der Waals surface area contributed by atoms with Crippen molar-refractivity contribution in [2.24, 2.45) is 5.73 Å². The van der Waals surface area contributed by atoms with Gasteiger partial charge in [-0.1, -0.05) is 19.1 Å². The Kier molecular flexibility index (Phi) is 5.00. The highest BCUT2D eigenvalue weighted by Crippen LogP contribution is 2.20. The number of nitrogens with zero attached hydrogens (tertiary/aromatic N) is 1. The minimum absolute atomic E-state index is 0.0144. The first-order chi connectivity index (χ1) is 8.71. The Morgan fingerprint density at radius 1 is 1.53 bits per heavy atom. The monoisotopic (exact) mass is 304 g/mol. The van der Waals surface area contributed by atoms with Crippen molar-refractivity contribution in [1.29, 1.82) is 0 Å². The molecule has 0 aromatic heterocycles. The molecule has 1 unspecified atom stereocenters. The summed E-state index contributed by atoms with van der Waals surface area (Å²) in [6.07, 6.45) is 0.680. The van der Waals surface area contributed by atoms with Gasteiger partial charge < -0.3 is 5.73 Å². The molecule has 2 N–H and O–H groups in total. The highest BCUT2D eigenvalue weighted by Gasteiger charge is 2.25. The van der Waals surface area contributed by atoms with Gasteiger partial charge in [0, 0.05) is 18.7 Å². The Bertz CT molecular complexity index is 587. The third-order valence-electron chi connectivity index (χ3n) is 3.09. The van der Waals surface area contributed by atoms with Crippen LogP contribution in [-0.2, 0) is 10.0 Å². The summed E-state index contributed by atoms with van der Waals surface area (Å²) in [5.41, 5.74) is 5.31. The lowest BCUT2D eigenvalue weighted by molar-refractivity contribution is 0.380. The van der Waals surface area contributed by atoms with Crippen LogP contribution >= 0.6 is 12.2 Å². The molecule has 7 heteroatoms. The molecule has 0 aliphatic heterocycles. The van der Waals surface area contributed by atoms with Crippen molar-refractivity contribution in [1.82, 2.24) is 4.31 Å². The number of thiocarbonyl (C=S) groups is 1. The molecule has 1 aromatic rings. The van der Waals surface area contributed by atoms with Crippen molar-refractivity contribution in [2.45, 2.75) is 31.2 Å². The van der Waals surface area contributed by atoms with E-state index in [2.05, 4.69) is 0 Å². The molecule has 0 radical (unpaired) electrons. The number of halogens is 1. The fourth-order valence-corrected chi connectivity index (χ4v) is 3.13. The highest BCUT2D eigenvalue weighted by atomic mass is 32.2. The van der Waals surface area contributed by atoms with Crippen molar-refractivity contribution < 1.29 is 12.8 Å². The van der Waals surface area contributed by atoms with Gasteiger partial charge in [-0.3, -0.25) is 0 Å². The fourth-order valence-electron chi connectivity index (χ4n) is 1.51. The zero-order valence-electron chi connectivity index (χ0n) is 11.1. The minimum atomic E-state index is -3.67. The predicted molar refractivity (Wildman–Crippen MR) is 77.0 cm³/mol. The smallest absolute Gasteiger partial charge is 0.243 e. The molecule has 19 heavy (non-hydrogen) atoms. The van der Waals surface area contributed by atoms with Crippen LogP contribution in [-0.4, -0.2) is 30.8 Å². The van der Waals surface area contributed by atoms with Gasteiger partial charge in [-0.25, -0.2) is 12.8 Å². The van der Waals surface area contributed by atoms with Gasteiger partial charge in [-0.15, -0.1) is 0 Å². The van der Waals surface area contributed by atoms with E-state index in [9.17, 15) is 12.8 Å². The summed E-state index contributed by atoms with van der Waals surface area (Å²) in [4.78, 5) is -0.180. The third-order valence-corrected chi connectivity index (χ3v) is 5.28. The molecule has 0 fully saturated rings. The number of benzene rings is 1. The number of hydrogen-bond donors (Lipinski definition) is 1. The van der Waals surface area contributed by atoms with Gasteiger partial charge in [-0.05, 0) is 31.5 Å². The van der Waals surface area contributed by atoms with Crippen LogP contribution < -0.4 is 5.73 Å². The molecule has 0 saturated heterocycles. The highest BCUT2D eigenvalue weighted by molar-refractivity contribution is 7.89. The molecule has 1 atom stereocenters. The maximum atomic E-state index is 13.5. The molecule has 106 valence electrons. The predicted octanol–water partition coefficient (Wildman–Crippen LogP) is 1.88. The zero-order valence-corrected chi connectivity index (χ0v) is 12.7.